The Morgan fingerprint density at radius 2 is 1.82 bits per heavy atom. The standard InChI is InChI=1S/C10H12N4OS2/c1-5-8(16-6(2)11-5)9(15)14(4)10-13-12-7(3)17-10/h1-4H3. The van der Waals surface area contributed by atoms with Crippen molar-refractivity contribution < 1.29 is 4.79 Å². The minimum atomic E-state index is -0.0794. The normalized spacial score (nSPS) is 10.6. The van der Waals surface area contributed by atoms with E-state index in [4.69, 9.17) is 0 Å². The lowest BCUT2D eigenvalue weighted by atomic mass is 10.3. The van der Waals surface area contributed by atoms with Crippen LogP contribution in [0, 0.1) is 20.8 Å². The zero-order valence-electron chi connectivity index (χ0n) is 10.0. The highest BCUT2D eigenvalue weighted by Gasteiger charge is 2.21. The Morgan fingerprint density at radius 1 is 1.12 bits per heavy atom. The van der Waals surface area contributed by atoms with E-state index in [0.29, 0.717) is 10.0 Å². The number of carbonyl (C=O) groups excluding carboxylic acids is 1. The first-order valence-corrected chi connectivity index (χ1v) is 6.64. The quantitative estimate of drug-likeness (QED) is 0.837. The van der Waals surface area contributed by atoms with Gasteiger partial charge in [-0.3, -0.25) is 9.69 Å². The molecule has 0 aliphatic heterocycles. The van der Waals surface area contributed by atoms with Gasteiger partial charge in [0.25, 0.3) is 5.91 Å². The Kier molecular flexibility index (Phi) is 3.21. The summed E-state index contributed by atoms with van der Waals surface area (Å²) in [7, 11) is 1.71. The number of aromatic nitrogens is 3. The van der Waals surface area contributed by atoms with Gasteiger partial charge in [0.15, 0.2) is 0 Å². The van der Waals surface area contributed by atoms with Crippen LogP contribution in [0.1, 0.15) is 25.4 Å². The molecule has 2 rings (SSSR count). The lowest BCUT2D eigenvalue weighted by molar-refractivity contribution is 0.0996. The maximum absolute atomic E-state index is 12.2. The second-order valence-corrected chi connectivity index (χ2v) is 5.98. The summed E-state index contributed by atoms with van der Waals surface area (Å²) < 4.78 is 0. The monoisotopic (exact) mass is 268 g/mol. The molecule has 2 aromatic rings. The molecule has 0 unspecified atom stereocenters. The van der Waals surface area contributed by atoms with Crippen molar-refractivity contribution >= 4 is 33.7 Å². The molecular formula is C10H12N4OS2. The van der Waals surface area contributed by atoms with E-state index >= 15 is 0 Å². The second kappa shape index (κ2) is 4.50. The van der Waals surface area contributed by atoms with Gasteiger partial charge in [0, 0.05) is 7.05 Å². The van der Waals surface area contributed by atoms with Crippen molar-refractivity contribution in [3.8, 4) is 0 Å². The maximum atomic E-state index is 12.2. The fourth-order valence-corrected chi connectivity index (χ4v) is 2.93. The molecule has 2 aromatic heterocycles. The molecule has 0 aromatic carbocycles. The molecule has 5 nitrogen and oxygen atoms in total. The number of rotatable bonds is 2. The van der Waals surface area contributed by atoms with E-state index in [1.165, 1.54) is 27.6 Å². The van der Waals surface area contributed by atoms with Gasteiger partial charge in [-0.2, -0.15) is 0 Å². The third-order valence-electron chi connectivity index (χ3n) is 2.20. The smallest absolute Gasteiger partial charge is 0.271 e. The molecule has 0 radical (unpaired) electrons. The van der Waals surface area contributed by atoms with Crippen LogP contribution in [0.4, 0.5) is 5.13 Å². The molecular weight excluding hydrogens is 256 g/mol. The highest BCUT2D eigenvalue weighted by Crippen LogP contribution is 2.24. The molecule has 2 heterocycles. The third-order valence-corrected chi connectivity index (χ3v) is 4.18. The minimum absolute atomic E-state index is 0.0794. The molecule has 0 atom stereocenters. The van der Waals surface area contributed by atoms with Crippen LogP contribution in [0.5, 0.6) is 0 Å². The van der Waals surface area contributed by atoms with E-state index in [1.807, 2.05) is 20.8 Å². The van der Waals surface area contributed by atoms with Gasteiger partial charge in [0.1, 0.15) is 9.88 Å². The van der Waals surface area contributed by atoms with Crippen molar-refractivity contribution in [1.82, 2.24) is 15.2 Å². The van der Waals surface area contributed by atoms with Crippen LogP contribution < -0.4 is 4.90 Å². The second-order valence-electron chi connectivity index (χ2n) is 3.62. The van der Waals surface area contributed by atoms with Gasteiger partial charge in [-0.05, 0) is 20.8 Å². The predicted octanol–water partition coefficient (Wildman–Crippen LogP) is 2.20. The number of nitrogens with zero attached hydrogens (tertiary/aromatic N) is 4. The average molecular weight is 268 g/mol. The zero-order valence-corrected chi connectivity index (χ0v) is 11.6. The number of amides is 1. The molecule has 0 N–H and O–H groups in total. The molecule has 0 saturated carbocycles. The molecule has 17 heavy (non-hydrogen) atoms. The van der Waals surface area contributed by atoms with Gasteiger partial charge >= 0.3 is 0 Å². The van der Waals surface area contributed by atoms with E-state index in [0.717, 1.165) is 15.7 Å². The number of anilines is 1. The van der Waals surface area contributed by atoms with Crippen molar-refractivity contribution in [3.05, 3.63) is 20.6 Å². The number of carbonyl (C=O) groups is 1. The first-order valence-electron chi connectivity index (χ1n) is 5.01. The molecule has 1 amide bonds. The van der Waals surface area contributed by atoms with E-state index in [9.17, 15) is 4.79 Å². The summed E-state index contributed by atoms with van der Waals surface area (Å²) in [5.41, 5.74) is 0.769. The van der Waals surface area contributed by atoms with Crippen LogP contribution in [0.25, 0.3) is 0 Å². The molecule has 0 bridgehead atoms. The number of hydrogen-bond acceptors (Lipinski definition) is 6. The molecule has 0 fully saturated rings. The summed E-state index contributed by atoms with van der Waals surface area (Å²) in [5, 5.41) is 10.2. The van der Waals surface area contributed by atoms with Crippen molar-refractivity contribution in [2.24, 2.45) is 0 Å². The summed E-state index contributed by atoms with van der Waals surface area (Å²) in [4.78, 5) is 18.7. The van der Waals surface area contributed by atoms with Crippen LogP contribution in [-0.4, -0.2) is 28.1 Å². The molecule has 0 spiro atoms. The van der Waals surface area contributed by atoms with E-state index in [-0.39, 0.29) is 5.91 Å². The predicted molar refractivity (Wildman–Crippen MR) is 69.0 cm³/mol. The summed E-state index contributed by atoms with van der Waals surface area (Å²) in [5.74, 6) is -0.0794. The molecule has 0 aliphatic rings. The summed E-state index contributed by atoms with van der Waals surface area (Å²) in [6, 6.07) is 0. The van der Waals surface area contributed by atoms with Crippen molar-refractivity contribution in [1.29, 1.82) is 0 Å². The highest BCUT2D eigenvalue weighted by atomic mass is 32.1. The van der Waals surface area contributed by atoms with Gasteiger partial charge < -0.3 is 0 Å². The minimum Gasteiger partial charge on any atom is -0.285 e. The zero-order chi connectivity index (χ0) is 12.6. The highest BCUT2D eigenvalue weighted by molar-refractivity contribution is 7.16. The third kappa shape index (κ3) is 2.34. The summed E-state index contributed by atoms with van der Waals surface area (Å²) in [6.45, 7) is 5.60. The Balaban J connectivity index is 2.29. The molecule has 0 aliphatic carbocycles. The fourth-order valence-electron chi connectivity index (χ4n) is 1.39. The van der Waals surface area contributed by atoms with Gasteiger partial charge in [-0.15, -0.1) is 21.5 Å². The first-order chi connectivity index (χ1) is 7.99. The SMILES string of the molecule is Cc1nnc(N(C)C(=O)c2sc(C)nc2C)s1. The van der Waals surface area contributed by atoms with E-state index in [1.54, 1.807) is 7.05 Å². The average Bonchev–Trinajstić information content (AvgIpc) is 2.83. The molecule has 90 valence electrons. The van der Waals surface area contributed by atoms with Crippen LogP contribution in [0.15, 0.2) is 0 Å². The number of thiazole rings is 1. The fraction of sp³-hybridized carbons (Fsp3) is 0.400. The van der Waals surface area contributed by atoms with Gasteiger partial charge in [-0.1, -0.05) is 11.3 Å². The van der Waals surface area contributed by atoms with Gasteiger partial charge in [-0.25, -0.2) is 4.98 Å². The van der Waals surface area contributed by atoms with Crippen LogP contribution >= 0.6 is 22.7 Å². The lowest BCUT2D eigenvalue weighted by Crippen LogP contribution is -2.25. The number of hydrogen-bond donors (Lipinski definition) is 0. The first kappa shape index (κ1) is 12.1. The van der Waals surface area contributed by atoms with Crippen LogP contribution in [0.3, 0.4) is 0 Å². The van der Waals surface area contributed by atoms with Crippen molar-refractivity contribution in [2.45, 2.75) is 20.8 Å². The van der Waals surface area contributed by atoms with Gasteiger partial charge in [0.2, 0.25) is 5.13 Å². The molecule has 7 heteroatoms. The number of aryl methyl sites for hydroxylation is 3. The maximum Gasteiger partial charge on any atom is 0.271 e. The topological polar surface area (TPSA) is 59.0 Å². The van der Waals surface area contributed by atoms with Crippen molar-refractivity contribution in [2.75, 3.05) is 11.9 Å². The van der Waals surface area contributed by atoms with Crippen molar-refractivity contribution in [3.63, 3.8) is 0 Å². The van der Waals surface area contributed by atoms with E-state index < -0.39 is 0 Å². The Bertz CT molecular complexity index is 560. The Hall–Kier alpha value is -1.34. The Morgan fingerprint density at radius 3 is 2.29 bits per heavy atom. The van der Waals surface area contributed by atoms with E-state index in [2.05, 4.69) is 15.2 Å². The largest absolute Gasteiger partial charge is 0.285 e. The summed E-state index contributed by atoms with van der Waals surface area (Å²) in [6.07, 6.45) is 0. The van der Waals surface area contributed by atoms with Crippen LogP contribution in [0.2, 0.25) is 0 Å². The van der Waals surface area contributed by atoms with Gasteiger partial charge in [0.05, 0.1) is 10.7 Å². The molecule has 0 saturated heterocycles. The summed E-state index contributed by atoms with van der Waals surface area (Å²) >= 11 is 2.80. The van der Waals surface area contributed by atoms with Crippen LogP contribution in [-0.2, 0) is 0 Å². The Labute approximate surface area is 107 Å². The lowest BCUT2D eigenvalue weighted by Gasteiger charge is -2.11.